The molecule has 0 aromatic rings. The monoisotopic (exact) mass is 245 g/mol. The molecule has 3 nitrogen and oxygen atoms in total. The lowest BCUT2D eigenvalue weighted by atomic mass is 10.2. The SMILES string of the molecule is CCN(CC)[SiH2]C=C(CCOC)CCOC. The van der Waals surface area contributed by atoms with Crippen molar-refractivity contribution in [3.63, 3.8) is 0 Å². The van der Waals surface area contributed by atoms with Crippen LogP contribution in [0.25, 0.3) is 0 Å². The van der Waals surface area contributed by atoms with Crippen molar-refractivity contribution in [2.75, 3.05) is 40.5 Å². The molecule has 0 aromatic heterocycles. The summed E-state index contributed by atoms with van der Waals surface area (Å²) in [6.45, 7) is 8.44. The van der Waals surface area contributed by atoms with Gasteiger partial charge in [-0.15, -0.1) is 0 Å². The van der Waals surface area contributed by atoms with Gasteiger partial charge in [0.05, 0.1) is 0 Å². The van der Waals surface area contributed by atoms with Crippen molar-refractivity contribution in [2.45, 2.75) is 26.7 Å². The van der Waals surface area contributed by atoms with E-state index in [2.05, 4.69) is 24.1 Å². The number of methoxy groups -OCH3 is 2. The molecule has 0 amide bonds. The highest BCUT2D eigenvalue weighted by Gasteiger charge is 2.01. The third-order valence-corrected chi connectivity index (χ3v) is 4.96. The molecular weight excluding hydrogens is 218 g/mol. The molecule has 0 saturated carbocycles. The van der Waals surface area contributed by atoms with Crippen LogP contribution in [0.3, 0.4) is 0 Å². The van der Waals surface area contributed by atoms with E-state index in [-0.39, 0.29) is 9.68 Å². The van der Waals surface area contributed by atoms with Gasteiger partial charge in [-0.2, -0.15) is 0 Å². The van der Waals surface area contributed by atoms with Crippen LogP contribution in [0.5, 0.6) is 0 Å². The summed E-state index contributed by atoms with van der Waals surface area (Å²) in [5.41, 5.74) is 3.97. The fraction of sp³-hybridized carbons (Fsp3) is 0.833. The van der Waals surface area contributed by atoms with Crippen LogP contribution in [0.15, 0.2) is 11.3 Å². The quantitative estimate of drug-likeness (QED) is 0.543. The van der Waals surface area contributed by atoms with Crippen LogP contribution in [-0.4, -0.2) is 54.8 Å². The molecule has 0 N–H and O–H groups in total. The molecular formula is C12H27NO2Si. The molecule has 4 heteroatoms. The Labute approximate surface area is 103 Å². The molecule has 0 fully saturated rings. The Hall–Kier alpha value is -0.163. The van der Waals surface area contributed by atoms with E-state index in [4.69, 9.17) is 9.47 Å². The van der Waals surface area contributed by atoms with Gasteiger partial charge in [0.2, 0.25) is 0 Å². The van der Waals surface area contributed by atoms with Crippen molar-refractivity contribution >= 4 is 9.68 Å². The summed E-state index contributed by atoms with van der Waals surface area (Å²) in [5.74, 6) is 0. The van der Waals surface area contributed by atoms with Gasteiger partial charge in [-0.3, -0.25) is 0 Å². The van der Waals surface area contributed by atoms with E-state index in [1.54, 1.807) is 14.2 Å². The number of hydrogen-bond acceptors (Lipinski definition) is 3. The largest absolute Gasteiger partial charge is 0.384 e. The van der Waals surface area contributed by atoms with E-state index >= 15 is 0 Å². The van der Waals surface area contributed by atoms with Crippen LogP contribution < -0.4 is 0 Å². The predicted molar refractivity (Wildman–Crippen MR) is 72.5 cm³/mol. The highest BCUT2D eigenvalue weighted by atomic mass is 28.2. The van der Waals surface area contributed by atoms with Crippen molar-refractivity contribution in [1.82, 2.24) is 4.57 Å². The third-order valence-electron chi connectivity index (χ3n) is 2.79. The van der Waals surface area contributed by atoms with Gasteiger partial charge in [0.15, 0.2) is 0 Å². The lowest BCUT2D eigenvalue weighted by Crippen LogP contribution is -2.26. The molecule has 0 aromatic carbocycles. The summed E-state index contributed by atoms with van der Waals surface area (Å²) >= 11 is 0. The van der Waals surface area contributed by atoms with Crippen molar-refractivity contribution in [3.8, 4) is 0 Å². The number of rotatable bonds is 10. The lowest BCUT2D eigenvalue weighted by molar-refractivity contribution is 0.188. The molecule has 0 aliphatic rings. The molecule has 0 bridgehead atoms. The van der Waals surface area contributed by atoms with Crippen LogP contribution in [-0.2, 0) is 9.47 Å². The van der Waals surface area contributed by atoms with Gasteiger partial charge in [-0.25, -0.2) is 0 Å². The minimum Gasteiger partial charge on any atom is -0.384 e. The van der Waals surface area contributed by atoms with E-state index in [1.807, 2.05) is 0 Å². The summed E-state index contributed by atoms with van der Waals surface area (Å²) in [6.07, 6.45) is 2.10. The summed E-state index contributed by atoms with van der Waals surface area (Å²) in [5, 5.41) is 0. The second-order valence-corrected chi connectivity index (χ2v) is 5.50. The zero-order chi connectivity index (χ0) is 12.2. The van der Waals surface area contributed by atoms with Crippen LogP contribution in [0, 0.1) is 0 Å². The Morgan fingerprint density at radius 2 is 1.56 bits per heavy atom. The molecule has 0 rings (SSSR count). The molecule has 0 spiro atoms. The normalized spacial score (nSPS) is 11.6. The third kappa shape index (κ3) is 8.04. The fourth-order valence-corrected chi connectivity index (χ4v) is 2.98. The van der Waals surface area contributed by atoms with Gasteiger partial charge in [0, 0.05) is 27.4 Å². The standard InChI is InChI=1S/C12H27NO2Si/c1-5-13(6-2)16-11-12(7-9-14-3)8-10-15-4/h11H,5-10,16H2,1-4H3. The number of nitrogens with zero attached hydrogens (tertiary/aromatic N) is 1. The van der Waals surface area contributed by atoms with Crippen molar-refractivity contribution in [3.05, 3.63) is 11.3 Å². The summed E-state index contributed by atoms with van der Waals surface area (Å²) in [7, 11) is 3.30. The number of hydrogen-bond donors (Lipinski definition) is 0. The van der Waals surface area contributed by atoms with E-state index < -0.39 is 0 Å². The van der Waals surface area contributed by atoms with E-state index in [0.717, 1.165) is 26.1 Å². The van der Waals surface area contributed by atoms with Crippen LogP contribution in [0.2, 0.25) is 0 Å². The highest BCUT2D eigenvalue weighted by Crippen LogP contribution is 2.07. The lowest BCUT2D eigenvalue weighted by Gasteiger charge is -2.16. The topological polar surface area (TPSA) is 21.7 Å². The summed E-state index contributed by atoms with van der Waals surface area (Å²) < 4.78 is 12.8. The van der Waals surface area contributed by atoms with Crippen molar-refractivity contribution < 1.29 is 9.47 Å². The molecule has 0 aliphatic carbocycles. The van der Waals surface area contributed by atoms with Gasteiger partial charge >= 0.3 is 0 Å². The molecule has 0 unspecified atom stereocenters. The Morgan fingerprint density at radius 1 is 1.06 bits per heavy atom. The molecule has 0 aliphatic heterocycles. The van der Waals surface area contributed by atoms with Gasteiger partial charge in [-0.05, 0) is 25.9 Å². The summed E-state index contributed by atoms with van der Waals surface area (Å²) in [4.78, 5) is 0. The zero-order valence-electron chi connectivity index (χ0n) is 11.3. The van der Waals surface area contributed by atoms with Crippen molar-refractivity contribution in [2.24, 2.45) is 0 Å². The molecule has 0 heterocycles. The van der Waals surface area contributed by atoms with Gasteiger partial charge in [0.25, 0.3) is 0 Å². The first-order valence-electron chi connectivity index (χ1n) is 6.16. The van der Waals surface area contributed by atoms with E-state index in [1.165, 1.54) is 18.7 Å². The molecule has 16 heavy (non-hydrogen) atoms. The second kappa shape index (κ2) is 11.3. The molecule has 0 saturated heterocycles. The maximum absolute atomic E-state index is 5.13. The molecule has 0 atom stereocenters. The number of ether oxygens (including phenoxy) is 2. The minimum atomic E-state index is -0.218. The fourth-order valence-electron chi connectivity index (χ4n) is 1.54. The highest BCUT2D eigenvalue weighted by molar-refractivity contribution is 6.38. The minimum absolute atomic E-state index is 0.218. The Kier molecular flexibility index (Phi) is 11.2. The first kappa shape index (κ1) is 15.8. The average Bonchev–Trinajstić information content (AvgIpc) is 2.32. The van der Waals surface area contributed by atoms with Crippen molar-refractivity contribution in [1.29, 1.82) is 0 Å². The van der Waals surface area contributed by atoms with E-state index in [9.17, 15) is 0 Å². The first-order chi connectivity index (χ1) is 7.78. The Morgan fingerprint density at radius 3 is 1.94 bits per heavy atom. The van der Waals surface area contributed by atoms with Crippen LogP contribution in [0.4, 0.5) is 0 Å². The van der Waals surface area contributed by atoms with Gasteiger partial charge < -0.3 is 14.0 Å². The summed E-state index contributed by atoms with van der Waals surface area (Å²) in [6, 6.07) is 0. The molecule has 96 valence electrons. The first-order valence-corrected chi connectivity index (χ1v) is 7.61. The Balaban J connectivity index is 4.07. The smallest absolute Gasteiger partial charge is 0.119 e. The zero-order valence-corrected chi connectivity index (χ0v) is 12.7. The maximum atomic E-state index is 5.13. The predicted octanol–water partition coefficient (Wildman–Crippen LogP) is 1.37. The van der Waals surface area contributed by atoms with Gasteiger partial charge in [0.1, 0.15) is 9.68 Å². The second-order valence-electron chi connectivity index (χ2n) is 3.83. The average molecular weight is 245 g/mol. The van der Waals surface area contributed by atoms with Crippen LogP contribution in [0.1, 0.15) is 26.7 Å². The Bertz CT molecular complexity index is 172. The van der Waals surface area contributed by atoms with Crippen LogP contribution >= 0.6 is 0 Å². The van der Waals surface area contributed by atoms with Gasteiger partial charge in [-0.1, -0.05) is 25.1 Å². The van der Waals surface area contributed by atoms with E-state index in [0.29, 0.717) is 0 Å². The molecule has 0 radical (unpaired) electrons. The maximum Gasteiger partial charge on any atom is 0.119 e.